The van der Waals surface area contributed by atoms with E-state index in [0.29, 0.717) is 6.42 Å². The molecule has 4 rings (SSSR count). The van der Waals surface area contributed by atoms with Crippen LogP contribution >= 0.6 is 0 Å². The van der Waals surface area contributed by atoms with Crippen LogP contribution in [0.25, 0.3) is 0 Å². The van der Waals surface area contributed by atoms with E-state index in [-0.39, 0.29) is 23.7 Å². The van der Waals surface area contributed by atoms with Gasteiger partial charge in [0.1, 0.15) is 11.4 Å². The van der Waals surface area contributed by atoms with Crippen molar-refractivity contribution >= 4 is 11.9 Å². The van der Waals surface area contributed by atoms with Gasteiger partial charge in [-0.15, -0.1) is 0 Å². The number of nitrogens with zero attached hydrogens (tertiary/aromatic N) is 1. The first-order valence-electron chi connectivity index (χ1n) is 12.2. The summed E-state index contributed by atoms with van der Waals surface area (Å²) < 4.78 is 5.53. The van der Waals surface area contributed by atoms with Crippen LogP contribution in [-0.4, -0.2) is 42.0 Å². The van der Waals surface area contributed by atoms with Crippen LogP contribution in [0.5, 0.6) is 0 Å². The fraction of sp³-hybridized carbons (Fsp3) is 0.500. The molecular weight excluding hydrogens is 412 g/mol. The van der Waals surface area contributed by atoms with Gasteiger partial charge < -0.3 is 15.0 Å². The van der Waals surface area contributed by atoms with Gasteiger partial charge in [0.25, 0.3) is 0 Å². The third-order valence-corrected chi connectivity index (χ3v) is 6.71. The number of hydrogen-bond acceptors (Lipinski definition) is 4. The van der Waals surface area contributed by atoms with Crippen molar-refractivity contribution in [3.63, 3.8) is 0 Å². The van der Waals surface area contributed by atoms with Gasteiger partial charge in [-0.1, -0.05) is 54.6 Å². The maximum absolute atomic E-state index is 13.7. The van der Waals surface area contributed by atoms with Crippen LogP contribution in [-0.2, 0) is 16.0 Å². The molecule has 1 aliphatic carbocycles. The summed E-state index contributed by atoms with van der Waals surface area (Å²) in [5.74, 6) is 0.129. The third kappa shape index (κ3) is 6.02. The molecule has 1 saturated heterocycles. The molecule has 0 saturated carbocycles. The fourth-order valence-electron chi connectivity index (χ4n) is 5.20. The number of ether oxygens (including phenoxy) is 1. The van der Waals surface area contributed by atoms with Crippen molar-refractivity contribution in [1.29, 1.82) is 0 Å². The molecule has 2 aliphatic rings. The number of amides is 1. The first kappa shape index (κ1) is 23.5. The Morgan fingerprint density at radius 3 is 2.39 bits per heavy atom. The summed E-state index contributed by atoms with van der Waals surface area (Å²) >= 11 is 0. The van der Waals surface area contributed by atoms with Gasteiger partial charge in [0.15, 0.2) is 0 Å². The first-order chi connectivity index (χ1) is 15.8. The quantitative estimate of drug-likeness (QED) is 0.627. The average molecular weight is 449 g/mol. The Morgan fingerprint density at radius 1 is 1.03 bits per heavy atom. The maximum atomic E-state index is 13.7. The lowest BCUT2D eigenvalue weighted by Gasteiger charge is -2.27. The predicted octanol–water partition coefficient (Wildman–Crippen LogP) is 5.26. The van der Waals surface area contributed by atoms with E-state index >= 15 is 0 Å². The van der Waals surface area contributed by atoms with Gasteiger partial charge >= 0.3 is 6.09 Å². The molecule has 5 nitrogen and oxygen atoms in total. The van der Waals surface area contributed by atoms with Crippen molar-refractivity contribution in [2.45, 2.75) is 64.0 Å². The molecule has 2 aromatic rings. The number of carbonyl (C=O) groups excluding carboxylic acids is 2. The molecule has 5 heteroatoms. The Hall–Kier alpha value is -2.66. The molecule has 2 aromatic carbocycles. The van der Waals surface area contributed by atoms with Crippen molar-refractivity contribution < 1.29 is 14.3 Å². The maximum Gasteiger partial charge on any atom is 0.408 e. The fourth-order valence-corrected chi connectivity index (χ4v) is 5.20. The zero-order chi connectivity index (χ0) is 23.4. The van der Waals surface area contributed by atoms with Crippen LogP contribution in [0.3, 0.4) is 0 Å². The summed E-state index contributed by atoms with van der Waals surface area (Å²) in [4.78, 5) is 28.8. The van der Waals surface area contributed by atoms with Crippen molar-refractivity contribution in [2.24, 2.45) is 5.92 Å². The highest BCUT2D eigenvalue weighted by Crippen LogP contribution is 2.39. The summed E-state index contributed by atoms with van der Waals surface area (Å²) in [6.07, 6.45) is 3.19. The van der Waals surface area contributed by atoms with E-state index < -0.39 is 11.7 Å². The second-order valence-corrected chi connectivity index (χ2v) is 10.4. The number of fused-ring (bicyclic) bond motifs is 1. The lowest BCUT2D eigenvalue weighted by molar-refractivity contribution is -0.122. The first-order valence-corrected chi connectivity index (χ1v) is 12.2. The van der Waals surface area contributed by atoms with E-state index in [0.717, 1.165) is 37.2 Å². The van der Waals surface area contributed by atoms with Crippen molar-refractivity contribution in [3.8, 4) is 0 Å². The van der Waals surface area contributed by atoms with E-state index in [1.807, 2.05) is 51.1 Å². The molecule has 176 valence electrons. The van der Waals surface area contributed by atoms with Gasteiger partial charge in [-0.2, -0.15) is 0 Å². The SMILES string of the molecule is CC(C)(C)OC(=O)N[C@H]1c2ccccc2C[C@@H]1CC(=O)C(CN1CCCC1)c1ccccc1. The molecular formula is C28H36N2O3. The summed E-state index contributed by atoms with van der Waals surface area (Å²) in [5, 5.41) is 3.08. The minimum Gasteiger partial charge on any atom is -0.444 e. The standard InChI is InChI=1S/C28H36N2O3/c1-28(2,3)33-27(32)29-26-22(17-21-13-7-8-14-23(21)26)18-25(31)24(19-30-15-9-10-16-30)20-11-5-4-6-12-20/h4-8,11-14,22,24,26H,9-10,15-19H2,1-3H3,(H,29,32)/t22-,24?,26-/m1/s1. The zero-order valence-corrected chi connectivity index (χ0v) is 20.0. The molecule has 1 amide bonds. The van der Waals surface area contributed by atoms with Crippen LogP contribution in [0.1, 0.15) is 68.7 Å². The van der Waals surface area contributed by atoms with Crippen molar-refractivity contribution in [1.82, 2.24) is 10.2 Å². The Balaban J connectivity index is 1.53. The van der Waals surface area contributed by atoms with Crippen LogP contribution in [0.2, 0.25) is 0 Å². The number of nitrogens with one attached hydrogen (secondary N) is 1. The molecule has 1 unspecified atom stereocenters. The highest BCUT2D eigenvalue weighted by atomic mass is 16.6. The van der Waals surface area contributed by atoms with Crippen LogP contribution < -0.4 is 5.32 Å². The second kappa shape index (κ2) is 10.1. The molecule has 1 heterocycles. The molecule has 0 bridgehead atoms. The smallest absolute Gasteiger partial charge is 0.408 e. The molecule has 1 aliphatic heterocycles. The van der Waals surface area contributed by atoms with Gasteiger partial charge in [0.2, 0.25) is 0 Å². The Bertz CT molecular complexity index is 961. The Kier molecular flexibility index (Phi) is 7.18. The Labute approximate surface area is 197 Å². The topological polar surface area (TPSA) is 58.6 Å². The number of Topliss-reactive ketones (excluding diaryl/α,β-unsaturated/α-hetero) is 1. The highest BCUT2D eigenvalue weighted by molar-refractivity contribution is 5.86. The molecule has 0 spiro atoms. The number of carbonyl (C=O) groups is 2. The monoisotopic (exact) mass is 448 g/mol. The van der Waals surface area contributed by atoms with Gasteiger partial charge in [-0.3, -0.25) is 4.79 Å². The van der Waals surface area contributed by atoms with E-state index in [4.69, 9.17) is 4.74 Å². The summed E-state index contributed by atoms with van der Waals surface area (Å²) in [6, 6.07) is 18.1. The molecule has 1 fully saturated rings. The summed E-state index contributed by atoms with van der Waals surface area (Å²) in [5.41, 5.74) is 2.81. The minimum absolute atomic E-state index is 0.0206. The largest absolute Gasteiger partial charge is 0.444 e. The van der Waals surface area contributed by atoms with Crippen molar-refractivity contribution in [3.05, 3.63) is 71.3 Å². The summed E-state index contributed by atoms with van der Waals surface area (Å²) in [7, 11) is 0. The van der Waals surface area contributed by atoms with E-state index in [9.17, 15) is 9.59 Å². The van der Waals surface area contributed by atoms with Gasteiger partial charge in [-0.25, -0.2) is 4.79 Å². The van der Waals surface area contributed by atoms with E-state index in [1.54, 1.807) is 0 Å². The molecule has 1 N–H and O–H groups in total. The average Bonchev–Trinajstić information content (AvgIpc) is 3.39. The van der Waals surface area contributed by atoms with Crippen molar-refractivity contribution in [2.75, 3.05) is 19.6 Å². The molecule has 3 atom stereocenters. The van der Waals surface area contributed by atoms with Crippen LogP contribution in [0, 0.1) is 5.92 Å². The number of ketones is 1. The minimum atomic E-state index is -0.568. The lowest BCUT2D eigenvalue weighted by Crippen LogP contribution is -2.37. The Morgan fingerprint density at radius 2 is 1.70 bits per heavy atom. The number of benzene rings is 2. The molecule has 0 radical (unpaired) electrons. The molecule has 33 heavy (non-hydrogen) atoms. The van der Waals surface area contributed by atoms with Gasteiger partial charge in [0, 0.05) is 13.0 Å². The van der Waals surface area contributed by atoms with Gasteiger partial charge in [-0.05, 0) is 75.7 Å². The zero-order valence-electron chi connectivity index (χ0n) is 20.0. The van der Waals surface area contributed by atoms with Gasteiger partial charge in [0.05, 0.1) is 12.0 Å². The van der Waals surface area contributed by atoms with Crippen LogP contribution in [0.4, 0.5) is 4.79 Å². The molecule has 0 aromatic heterocycles. The predicted molar refractivity (Wildman–Crippen MR) is 130 cm³/mol. The highest BCUT2D eigenvalue weighted by Gasteiger charge is 2.37. The van der Waals surface area contributed by atoms with Crippen LogP contribution in [0.15, 0.2) is 54.6 Å². The number of likely N-dealkylation sites (tertiary alicyclic amines) is 1. The number of rotatable bonds is 7. The van der Waals surface area contributed by atoms with E-state index in [2.05, 4.69) is 34.5 Å². The second-order valence-electron chi connectivity index (χ2n) is 10.4. The lowest BCUT2D eigenvalue weighted by atomic mass is 9.86. The number of hydrogen-bond donors (Lipinski definition) is 1. The number of alkyl carbamates (subject to hydrolysis) is 1. The normalized spacial score (nSPS) is 21.4. The third-order valence-electron chi connectivity index (χ3n) is 6.71. The summed E-state index contributed by atoms with van der Waals surface area (Å²) in [6.45, 7) is 8.48. The van der Waals surface area contributed by atoms with E-state index in [1.165, 1.54) is 18.4 Å².